The highest BCUT2D eigenvalue weighted by Gasteiger charge is 2.34. The summed E-state index contributed by atoms with van der Waals surface area (Å²) in [5.74, 6) is 1.65. The van der Waals surface area contributed by atoms with Crippen molar-refractivity contribution in [3.05, 3.63) is 24.5 Å². The molecule has 24 heavy (non-hydrogen) atoms. The second-order valence-electron chi connectivity index (χ2n) is 7.10. The Labute approximate surface area is 143 Å². The first-order valence-electron chi connectivity index (χ1n) is 8.75. The van der Waals surface area contributed by atoms with Gasteiger partial charge in [-0.15, -0.1) is 0 Å². The molecule has 0 amide bonds. The van der Waals surface area contributed by atoms with Crippen molar-refractivity contribution in [1.29, 1.82) is 0 Å². The van der Waals surface area contributed by atoms with Gasteiger partial charge in [-0.25, -0.2) is 18.4 Å². The molecule has 4 rings (SSSR count). The Morgan fingerprint density at radius 3 is 2.62 bits per heavy atom. The van der Waals surface area contributed by atoms with Gasteiger partial charge in [-0.3, -0.25) is 0 Å². The van der Waals surface area contributed by atoms with E-state index in [-0.39, 0.29) is 0 Å². The number of rotatable bonds is 3. The van der Waals surface area contributed by atoms with Crippen molar-refractivity contribution in [1.82, 2.24) is 9.97 Å². The summed E-state index contributed by atoms with van der Waals surface area (Å²) in [4.78, 5) is 11.6. The monoisotopic (exact) mass is 345 g/mol. The number of aromatic nitrogens is 2. The third-order valence-electron chi connectivity index (χ3n) is 5.53. The molecule has 1 unspecified atom stereocenters. The Bertz CT molecular complexity index is 860. The largest absolute Gasteiger partial charge is 0.353 e. The summed E-state index contributed by atoms with van der Waals surface area (Å²) in [6.45, 7) is 0.996. The zero-order chi connectivity index (χ0) is 16.7. The second-order valence-corrected chi connectivity index (χ2v) is 9.11. The van der Waals surface area contributed by atoms with E-state index >= 15 is 0 Å². The van der Waals surface area contributed by atoms with E-state index in [4.69, 9.17) is 0 Å². The predicted octanol–water partition coefficient (Wildman–Crippen LogP) is 3.19. The summed E-state index contributed by atoms with van der Waals surface area (Å²) in [7, 11) is -3.24. The van der Waals surface area contributed by atoms with Crippen LogP contribution >= 0.6 is 0 Å². The van der Waals surface area contributed by atoms with Crippen molar-refractivity contribution in [2.24, 2.45) is 5.92 Å². The van der Waals surface area contributed by atoms with Gasteiger partial charge in [0.15, 0.2) is 9.84 Å². The van der Waals surface area contributed by atoms with E-state index in [1.54, 1.807) is 24.5 Å². The lowest BCUT2D eigenvalue weighted by molar-refractivity contribution is 0.429. The molecule has 0 N–H and O–H groups in total. The molecule has 5 nitrogen and oxygen atoms in total. The molecule has 128 valence electrons. The zero-order valence-corrected chi connectivity index (χ0v) is 14.8. The Morgan fingerprint density at radius 1 is 1.08 bits per heavy atom. The van der Waals surface area contributed by atoms with E-state index in [0.29, 0.717) is 10.9 Å². The summed E-state index contributed by atoms with van der Waals surface area (Å²) < 4.78 is 23.9. The van der Waals surface area contributed by atoms with Gasteiger partial charge in [-0.2, -0.15) is 0 Å². The molecule has 2 fully saturated rings. The molecule has 0 spiro atoms. The van der Waals surface area contributed by atoms with E-state index in [0.717, 1.165) is 29.2 Å². The molecule has 0 bridgehead atoms. The van der Waals surface area contributed by atoms with Gasteiger partial charge in [-0.05, 0) is 49.8 Å². The van der Waals surface area contributed by atoms with Crippen LogP contribution < -0.4 is 4.90 Å². The first-order chi connectivity index (χ1) is 11.5. The Hall–Kier alpha value is -1.69. The number of hydrogen-bond acceptors (Lipinski definition) is 5. The van der Waals surface area contributed by atoms with E-state index in [9.17, 15) is 8.42 Å². The summed E-state index contributed by atoms with van der Waals surface area (Å²) in [5.41, 5.74) is 0.810. The van der Waals surface area contributed by atoms with E-state index in [1.807, 2.05) is 0 Å². The first kappa shape index (κ1) is 15.8. The van der Waals surface area contributed by atoms with Crippen LogP contribution in [0.1, 0.15) is 38.5 Å². The third-order valence-corrected chi connectivity index (χ3v) is 6.64. The molecular weight excluding hydrogens is 322 g/mol. The summed E-state index contributed by atoms with van der Waals surface area (Å²) in [5, 5.41) is 0.852. The third kappa shape index (κ3) is 2.77. The minimum Gasteiger partial charge on any atom is -0.353 e. The molecule has 1 saturated heterocycles. The van der Waals surface area contributed by atoms with Crippen LogP contribution in [0.2, 0.25) is 0 Å². The lowest BCUT2D eigenvalue weighted by Crippen LogP contribution is -2.35. The SMILES string of the molecule is CS(=O)(=O)c1ccc2ncnc(N3CCCC3C3CCCC3)c2c1. The van der Waals surface area contributed by atoms with Crippen LogP contribution in [0.15, 0.2) is 29.4 Å². The molecule has 2 aliphatic rings. The number of anilines is 1. The van der Waals surface area contributed by atoms with Gasteiger partial charge in [0.1, 0.15) is 12.1 Å². The molecule has 0 radical (unpaired) electrons. The van der Waals surface area contributed by atoms with Gasteiger partial charge in [0.2, 0.25) is 0 Å². The van der Waals surface area contributed by atoms with Gasteiger partial charge in [0, 0.05) is 24.2 Å². The maximum atomic E-state index is 11.9. The number of benzene rings is 1. The molecule has 1 aromatic heterocycles. The van der Waals surface area contributed by atoms with E-state index < -0.39 is 9.84 Å². The number of nitrogens with zero attached hydrogens (tertiary/aromatic N) is 3. The topological polar surface area (TPSA) is 63.2 Å². The van der Waals surface area contributed by atoms with Crippen LogP contribution in [0.3, 0.4) is 0 Å². The van der Waals surface area contributed by atoms with Gasteiger partial charge >= 0.3 is 0 Å². The molecule has 1 saturated carbocycles. The number of sulfone groups is 1. The lowest BCUT2D eigenvalue weighted by atomic mass is 9.96. The van der Waals surface area contributed by atoms with Crippen LogP contribution in [0.5, 0.6) is 0 Å². The normalized spacial score (nSPS) is 22.5. The highest BCUT2D eigenvalue weighted by Crippen LogP contribution is 2.39. The van der Waals surface area contributed by atoms with Gasteiger partial charge < -0.3 is 4.90 Å². The standard InChI is InChI=1S/C18H23N3O2S/c1-24(22,23)14-8-9-16-15(11-14)18(20-12-19-16)21-10-4-7-17(21)13-5-2-3-6-13/h8-9,11-13,17H,2-7,10H2,1H3. The molecule has 1 aliphatic heterocycles. The Kier molecular flexibility index (Phi) is 3.95. The van der Waals surface area contributed by atoms with Crippen LogP contribution in [-0.2, 0) is 9.84 Å². The summed E-state index contributed by atoms with van der Waals surface area (Å²) >= 11 is 0. The summed E-state index contributed by atoms with van der Waals surface area (Å²) in [6, 6.07) is 5.70. The minimum atomic E-state index is -3.24. The lowest BCUT2D eigenvalue weighted by Gasteiger charge is -2.31. The average Bonchev–Trinajstić information content (AvgIpc) is 3.23. The Balaban J connectivity index is 1.80. The summed E-state index contributed by atoms with van der Waals surface area (Å²) in [6.07, 6.45) is 10.5. The molecule has 1 aliphatic carbocycles. The fourth-order valence-electron chi connectivity index (χ4n) is 4.37. The molecule has 2 heterocycles. The molecule has 6 heteroatoms. The fraction of sp³-hybridized carbons (Fsp3) is 0.556. The van der Waals surface area contributed by atoms with Gasteiger partial charge in [-0.1, -0.05) is 12.8 Å². The van der Waals surface area contributed by atoms with Crippen LogP contribution in [0.4, 0.5) is 5.82 Å². The maximum absolute atomic E-state index is 11.9. The molecule has 1 atom stereocenters. The van der Waals surface area contributed by atoms with Crippen LogP contribution in [0.25, 0.3) is 10.9 Å². The van der Waals surface area contributed by atoms with Crippen molar-refractivity contribution in [3.8, 4) is 0 Å². The van der Waals surface area contributed by atoms with Gasteiger partial charge in [0.05, 0.1) is 10.4 Å². The van der Waals surface area contributed by atoms with Crippen LogP contribution in [-0.4, -0.2) is 37.2 Å². The highest BCUT2D eigenvalue weighted by molar-refractivity contribution is 7.90. The number of fused-ring (bicyclic) bond motifs is 1. The van der Waals surface area contributed by atoms with Crippen molar-refractivity contribution >= 4 is 26.6 Å². The van der Waals surface area contributed by atoms with Crippen molar-refractivity contribution < 1.29 is 8.42 Å². The second kappa shape index (κ2) is 5.99. The smallest absolute Gasteiger partial charge is 0.175 e. The van der Waals surface area contributed by atoms with E-state index in [1.165, 1.54) is 44.8 Å². The van der Waals surface area contributed by atoms with Crippen molar-refractivity contribution in [3.63, 3.8) is 0 Å². The molecule has 1 aromatic carbocycles. The highest BCUT2D eigenvalue weighted by atomic mass is 32.2. The predicted molar refractivity (Wildman–Crippen MR) is 95.0 cm³/mol. The average molecular weight is 345 g/mol. The number of hydrogen-bond donors (Lipinski definition) is 0. The first-order valence-corrected chi connectivity index (χ1v) is 10.6. The quantitative estimate of drug-likeness (QED) is 0.855. The fourth-order valence-corrected chi connectivity index (χ4v) is 5.02. The van der Waals surface area contributed by atoms with Gasteiger partial charge in [0.25, 0.3) is 0 Å². The Morgan fingerprint density at radius 2 is 1.88 bits per heavy atom. The maximum Gasteiger partial charge on any atom is 0.175 e. The van der Waals surface area contributed by atoms with E-state index in [2.05, 4.69) is 14.9 Å². The molecular formula is C18H23N3O2S. The molecule has 2 aromatic rings. The van der Waals surface area contributed by atoms with Crippen molar-refractivity contribution in [2.75, 3.05) is 17.7 Å². The zero-order valence-electron chi connectivity index (χ0n) is 14.0. The van der Waals surface area contributed by atoms with Crippen molar-refractivity contribution in [2.45, 2.75) is 49.5 Å². The minimum absolute atomic E-state index is 0.336. The van der Waals surface area contributed by atoms with Crippen LogP contribution in [0, 0.1) is 5.92 Å².